The molecule has 1 atom stereocenters. The van der Waals surface area contributed by atoms with Gasteiger partial charge in [0.2, 0.25) is 11.8 Å². The smallest absolute Gasteiger partial charge is 0.326 e. The summed E-state index contributed by atoms with van der Waals surface area (Å²) in [6.07, 6.45) is 14.0. The molecule has 5 N–H and O–H groups in total. The maximum atomic E-state index is 12.3. The van der Waals surface area contributed by atoms with Crippen molar-refractivity contribution in [2.75, 3.05) is 0 Å². The van der Waals surface area contributed by atoms with Crippen LogP contribution in [0.25, 0.3) is 0 Å². The van der Waals surface area contributed by atoms with E-state index >= 15 is 0 Å². The lowest BCUT2D eigenvalue weighted by molar-refractivity contribution is -0.139. The molecule has 1 aromatic rings. The molecule has 1 aromatic carbocycles. The van der Waals surface area contributed by atoms with Crippen molar-refractivity contribution >= 4 is 23.7 Å². The molecule has 0 radical (unpaired) electrons. The SMILES string of the molecule is CCCCCCCCCCCCCC(=O)NCc1ccc(C(=O)N[C@@H](CCC(N)=O)C(=O)O)cc1. The van der Waals surface area contributed by atoms with E-state index in [9.17, 15) is 24.3 Å². The van der Waals surface area contributed by atoms with Gasteiger partial charge < -0.3 is 21.5 Å². The average Bonchev–Trinajstić information content (AvgIpc) is 2.83. The first kappa shape index (κ1) is 30.1. The Morgan fingerprint density at radius 3 is 1.89 bits per heavy atom. The summed E-state index contributed by atoms with van der Waals surface area (Å²) in [5, 5.41) is 14.5. The first-order valence-corrected chi connectivity index (χ1v) is 13.0. The molecule has 0 bridgehead atoms. The van der Waals surface area contributed by atoms with Crippen LogP contribution >= 0.6 is 0 Å². The molecule has 0 aromatic heterocycles. The summed E-state index contributed by atoms with van der Waals surface area (Å²) in [5.74, 6) is -2.38. The summed E-state index contributed by atoms with van der Waals surface area (Å²) >= 11 is 0. The van der Waals surface area contributed by atoms with Gasteiger partial charge in [-0.1, -0.05) is 83.3 Å². The number of rotatable bonds is 20. The molecule has 196 valence electrons. The van der Waals surface area contributed by atoms with E-state index in [1.807, 2.05) is 0 Å². The number of amides is 3. The molecule has 8 heteroatoms. The number of hydrogen-bond donors (Lipinski definition) is 4. The van der Waals surface area contributed by atoms with Crippen molar-refractivity contribution in [2.45, 2.75) is 109 Å². The van der Waals surface area contributed by atoms with Crippen LogP contribution in [0, 0.1) is 0 Å². The second kappa shape index (κ2) is 18.4. The number of unbranched alkanes of at least 4 members (excludes halogenated alkanes) is 10. The van der Waals surface area contributed by atoms with Gasteiger partial charge in [-0.05, 0) is 30.5 Å². The van der Waals surface area contributed by atoms with Gasteiger partial charge in [0.1, 0.15) is 6.04 Å². The van der Waals surface area contributed by atoms with Gasteiger partial charge in [-0.15, -0.1) is 0 Å². The highest BCUT2D eigenvalue weighted by Crippen LogP contribution is 2.12. The van der Waals surface area contributed by atoms with Crippen molar-refractivity contribution in [3.63, 3.8) is 0 Å². The van der Waals surface area contributed by atoms with Crippen LogP contribution in [-0.2, 0) is 20.9 Å². The van der Waals surface area contributed by atoms with E-state index < -0.39 is 23.8 Å². The largest absolute Gasteiger partial charge is 0.480 e. The number of nitrogens with one attached hydrogen (secondary N) is 2. The summed E-state index contributed by atoms with van der Waals surface area (Å²) < 4.78 is 0. The number of nitrogens with two attached hydrogens (primary N) is 1. The fraction of sp³-hybridized carbons (Fsp3) is 0.630. The molecule has 0 spiro atoms. The topological polar surface area (TPSA) is 139 Å². The first-order chi connectivity index (χ1) is 16.8. The van der Waals surface area contributed by atoms with Gasteiger partial charge in [-0.3, -0.25) is 14.4 Å². The third kappa shape index (κ3) is 14.9. The van der Waals surface area contributed by atoms with Crippen molar-refractivity contribution in [1.29, 1.82) is 0 Å². The lowest BCUT2D eigenvalue weighted by Gasteiger charge is -2.14. The number of carboxylic acid groups (broad SMARTS) is 1. The van der Waals surface area contributed by atoms with Crippen molar-refractivity contribution < 1.29 is 24.3 Å². The van der Waals surface area contributed by atoms with E-state index in [0.717, 1.165) is 18.4 Å². The zero-order chi connectivity index (χ0) is 25.9. The molecule has 3 amide bonds. The summed E-state index contributed by atoms with van der Waals surface area (Å²) in [5.41, 5.74) is 6.19. The van der Waals surface area contributed by atoms with E-state index in [1.165, 1.54) is 57.8 Å². The molecule has 35 heavy (non-hydrogen) atoms. The molecule has 0 aliphatic carbocycles. The third-order valence-corrected chi connectivity index (χ3v) is 6.00. The van der Waals surface area contributed by atoms with Crippen molar-refractivity contribution in [1.82, 2.24) is 10.6 Å². The predicted molar refractivity (Wildman–Crippen MR) is 137 cm³/mol. The van der Waals surface area contributed by atoms with Crippen LogP contribution in [0.3, 0.4) is 0 Å². The van der Waals surface area contributed by atoms with Gasteiger partial charge >= 0.3 is 5.97 Å². The highest BCUT2D eigenvalue weighted by atomic mass is 16.4. The summed E-state index contributed by atoms with van der Waals surface area (Å²) in [7, 11) is 0. The van der Waals surface area contributed by atoms with Crippen LogP contribution in [0.5, 0.6) is 0 Å². The maximum absolute atomic E-state index is 12.3. The highest BCUT2D eigenvalue weighted by Gasteiger charge is 2.21. The average molecular weight is 490 g/mol. The summed E-state index contributed by atoms with van der Waals surface area (Å²) in [4.78, 5) is 46.5. The first-order valence-electron chi connectivity index (χ1n) is 13.0. The molecular formula is C27H43N3O5. The molecule has 0 aliphatic heterocycles. The molecular weight excluding hydrogens is 446 g/mol. The Hall–Kier alpha value is -2.90. The Labute approximate surface area is 209 Å². The van der Waals surface area contributed by atoms with Crippen molar-refractivity contribution in [2.24, 2.45) is 5.73 Å². The minimum Gasteiger partial charge on any atom is -0.480 e. The van der Waals surface area contributed by atoms with Crippen LogP contribution in [0.4, 0.5) is 0 Å². The number of hydrogen-bond acceptors (Lipinski definition) is 4. The van der Waals surface area contributed by atoms with Gasteiger partial charge in [0, 0.05) is 24.9 Å². The van der Waals surface area contributed by atoms with Crippen LogP contribution in [0.2, 0.25) is 0 Å². The molecule has 8 nitrogen and oxygen atoms in total. The number of carbonyl (C=O) groups is 4. The van der Waals surface area contributed by atoms with E-state index in [0.29, 0.717) is 18.5 Å². The van der Waals surface area contributed by atoms with E-state index in [1.54, 1.807) is 24.3 Å². The van der Waals surface area contributed by atoms with Gasteiger partial charge in [0.25, 0.3) is 5.91 Å². The molecule has 0 unspecified atom stereocenters. The second-order valence-corrected chi connectivity index (χ2v) is 9.13. The Morgan fingerprint density at radius 2 is 1.37 bits per heavy atom. The van der Waals surface area contributed by atoms with Crippen LogP contribution in [0.15, 0.2) is 24.3 Å². The molecule has 0 saturated carbocycles. The van der Waals surface area contributed by atoms with Crippen molar-refractivity contribution in [3.05, 3.63) is 35.4 Å². The highest BCUT2D eigenvalue weighted by molar-refractivity contribution is 5.96. The zero-order valence-electron chi connectivity index (χ0n) is 21.2. The Bertz CT molecular complexity index is 780. The maximum Gasteiger partial charge on any atom is 0.326 e. The molecule has 0 aliphatic rings. The van der Waals surface area contributed by atoms with E-state index in [4.69, 9.17) is 5.73 Å². The summed E-state index contributed by atoms with van der Waals surface area (Å²) in [6, 6.07) is 5.40. The Balaban J connectivity index is 2.21. The minimum absolute atomic E-state index is 0.0153. The van der Waals surface area contributed by atoms with Crippen LogP contribution in [0.1, 0.15) is 113 Å². The number of primary amides is 1. The van der Waals surface area contributed by atoms with Gasteiger partial charge in [-0.25, -0.2) is 4.79 Å². The fourth-order valence-electron chi connectivity index (χ4n) is 3.80. The van der Waals surface area contributed by atoms with Crippen molar-refractivity contribution in [3.8, 4) is 0 Å². The normalized spacial score (nSPS) is 11.6. The van der Waals surface area contributed by atoms with E-state index in [-0.39, 0.29) is 18.7 Å². The monoisotopic (exact) mass is 489 g/mol. The Morgan fingerprint density at radius 1 is 0.829 bits per heavy atom. The van der Waals surface area contributed by atoms with Crippen LogP contribution in [-0.4, -0.2) is 34.8 Å². The minimum atomic E-state index is -1.23. The van der Waals surface area contributed by atoms with Crippen LogP contribution < -0.4 is 16.4 Å². The third-order valence-electron chi connectivity index (χ3n) is 6.00. The predicted octanol–water partition coefficient (Wildman–Crippen LogP) is 4.45. The van der Waals surface area contributed by atoms with Gasteiger partial charge in [0.15, 0.2) is 0 Å². The lowest BCUT2D eigenvalue weighted by Crippen LogP contribution is -2.41. The summed E-state index contributed by atoms with van der Waals surface area (Å²) in [6.45, 7) is 2.61. The fourth-order valence-corrected chi connectivity index (χ4v) is 3.80. The number of aliphatic carboxylic acids is 1. The Kier molecular flexibility index (Phi) is 15.9. The molecule has 0 heterocycles. The number of carbonyl (C=O) groups excluding carboxylic acids is 3. The zero-order valence-corrected chi connectivity index (χ0v) is 21.2. The molecule has 0 fully saturated rings. The second-order valence-electron chi connectivity index (χ2n) is 9.13. The molecule has 0 saturated heterocycles. The lowest BCUT2D eigenvalue weighted by atomic mass is 10.1. The standard InChI is InChI=1S/C27H43N3O5/c1-2-3-4-5-6-7-8-9-10-11-12-13-25(32)29-20-21-14-16-22(17-15-21)26(33)30-23(27(34)35)18-19-24(28)31/h14-17,23H,2-13,18-20H2,1H3,(H2,28,31)(H,29,32)(H,30,33)(H,34,35)/t23-/m0/s1. The molecule has 1 rings (SSSR count). The number of carboxylic acids is 1. The van der Waals surface area contributed by atoms with Gasteiger partial charge in [0.05, 0.1) is 0 Å². The number of benzene rings is 1. The van der Waals surface area contributed by atoms with Gasteiger partial charge in [-0.2, -0.15) is 0 Å². The van der Waals surface area contributed by atoms with E-state index in [2.05, 4.69) is 17.6 Å². The quantitative estimate of drug-likeness (QED) is 0.200.